The molecule has 0 aliphatic heterocycles. The molecule has 25 heavy (non-hydrogen) atoms. The number of nitrogens with zero attached hydrogens (tertiary/aromatic N) is 3. The smallest absolute Gasteiger partial charge is 0.260 e. The van der Waals surface area contributed by atoms with E-state index in [1.165, 1.54) is 11.3 Å². The van der Waals surface area contributed by atoms with Crippen molar-refractivity contribution in [2.24, 2.45) is 0 Å². The molecule has 122 valence electrons. The van der Waals surface area contributed by atoms with Crippen LogP contribution in [-0.2, 0) is 6.54 Å². The zero-order valence-electron chi connectivity index (χ0n) is 13.4. The molecule has 0 bridgehead atoms. The Kier molecular flexibility index (Phi) is 4.23. The number of carbonyl (C=O) groups is 1. The summed E-state index contributed by atoms with van der Waals surface area (Å²) in [5, 5.41) is 0.681. The lowest BCUT2D eigenvalue weighted by atomic mass is 10.2. The normalized spacial score (nSPS) is 10.7. The van der Waals surface area contributed by atoms with E-state index in [1.807, 2.05) is 72.8 Å². The van der Waals surface area contributed by atoms with Crippen molar-refractivity contribution >= 4 is 32.6 Å². The highest BCUT2D eigenvalue weighted by atomic mass is 32.1. The molecule has 0 aliphatic rings. The third-order valence-corrected chi connectivity index (χ3v) is 4.89. The average molecular weight is 345 g/mol. The number of amides is 1. The highest BCUT2D eigenvalue weighted by molar-refractivity contribution is 7.22. The fraction of sp³-hybridized carbons (Fsp3) is 0.0500. The van der Waals surface area contributed by atoms with Crippen LogP contribution in [0, 0.1) is 0 Å². The summed E-state index contributed by atoms with van der Waals surface area (Å²) in [6.07, 6.45) is 1.73. The Balaban J connectivity index is 1.76. The molecule has 0 spiro atoms. The number of anilines is 1. The minimum Gasteiger partial charge on any atom is -0.278 e. The second-order valence-electron chi connectivity index (χ2n) is 5.54. The van der Waals surface area contributed by atoms with Crippen LogP contribution in [0.1, 0.15) is 16.1 Å². The fourth-order valence-electron chi connectivity index (χ4n) is 2.59. The van der Waals surface area contributed by atoms with Crippen molar-refractivity contribution < 1.29 is 4.79 Å². The maximum Gasteiger partial charge on any atom is 0.260 e. The highest BCUT2D eigenvalue weighted by Gasteiger charge is 2.21. The summed E-state index contributed by atoms with van der Waals surface area (Å²) in [7, 11) is 0. The molecule has 2 heterocycles. The summed E-state index contributed by atoms with van der Waals surface area (Å²) in [6.45, 7) is 0.383. The summed E-state index contributed by atoms with van der Waals surface area (Å²) < 4.78 is 1.06. The Labute approximate surface area is 149 Å². The molecule has 5 heteroatoms. The van der Waals surface area contributed by atoms with Crippen LogP contribution >= 0.6 is 11.3 Å². The van der Waals surface area contributed by atoms with Crippen molar-refractivity contribution in [1.29, 1.82) is 0 Å². The summed E-state index contributed by atoms with van der Waals surface area (Å²) in [5.41, 5.74) is 2.36. The Morgan fingerprint density at radius 1 is 0.920 bits per heavy atom. The Morgan fingerprint density at radius 3 is 2.44 bits per heavy atom. The van der Waals surface area contributed by atoms with Crippen LogP contribution in [0.25, 0.3) is 10.2 Å². The molecule has 0 aliphatic carbocycles. The highest BCUT2D eigenvalue weighted by Crippen LogP contribution is 2.30. The lowest BCUT2D eigenvalue weighted by Gasteiger charge is -2.19. The number of rotatable bonds is 4. The summed E-state index contributed by atoms with van der Waals surface area (Å²) in [4.78, 5) is 23.8. The Hall–Kier alpha value is -3.05. The number of para-hydroxylation sites is 1. The quantitative estimate of drug-likeness (QED) is 0.545. The second kappa shape index (κ2) is 6.83. The molecule has 0 radical (unpaired) electrons. The molecule has 4 aromatic rings. The average Bonchev–Trinajstić information content (AvgIpc) is 3.11. The van der Waals surface area contributed by atoms with Crippen LogP contribution in [0.3, 0.4) is 0 Å². The van der Waals surface area contributed by atoms with E-state index in [2.05, 4.69) is 9.97 Å². The molecule has 0 saturated carbocycles. The lowest BCUT2D eigenvalue weighted by molar-refractivity contribution is 0.0985. The number of benzene rings is 2. The summed E-state index contributed by atoms with van der Waals surface area (Å²) in [5.74, 6) is -0.0784. The molecule has 2 aromatic heterocycles. The van der Waals surface area contributed by atoms with Crippen LogP contribution in [0.5, 0.6) is 0 Å². The number of hydrogen-bond acceptors (Lipinski definition) is 4. The van der Waals surface area contributed by atoms with Crippen LogP contribution in [0.15, 0.2) is 79.0 Å². The minimum atomic E-state index is -0.0784. The fourth-order valence-corrected chi connectivity index (χ4v) is 3.56. The van der Waals surface area contributed by atoms with Gasteiger partial charge in [0.15, 0.2) is 5.13 Å². The maximum absolute atomic E-state index is 13.1. The van der Waals surface area contributed by atoms with Gasteiger partial charge < -0.3 is 0 Å². The molecular formula is C20H15N3OS. The first-order valence-corrected chi connectivity index (χ1v) is 8.75. The van der Waals surface area contributed by atoms with Crippen molar-refractivity contribution in [3.05, 3.63) is 90.3 Å². The van der Waals surface area contributed by atoms with Gasteiger partial charge in [-0.1, -0.05) is 47.7 Å². The van der Waals surface area contributed by atoms with Crippen LogP contribution < -0.4 is 4.90 Å². The number of pyridine rings is 1. The first-order chi connectivity index (χ1) is 12.3. The summed E-state index contributed by atoms with van der Waals surface area (Å²) in [6, 6.07) is 22.9. The molecular weight excluding hydrogens is 330 g/mol. The van der Waals surface area contributed by atoms with Gasteiger partial charge in [-0.3, -0.25) is 14.7 Å². The van der Waals surface area contributed by atoms with E-state index in [0.29, 0.717) is 17.2 Å². The molecule has 0 atom stereocenters. The van der Waals surface area contributed by atoms with E-state index in [4.69, 9.17) is 0 Å². The van der Waals surface area contributed by atoms with Crippen LogP contribution in [0.4, 0.5) is 5.13 Å². The molecule has 4 rings (SSSR count). The first kappa shape index (κ1) is 15.5. The number of hydrogen-bond donors (Lipinski definition) is 0. The van der Waals surface area contributed by atoms with Crippen molar-refractivity contribution in [2.75, 3.05) is 4.90 Å². The van der Waals surface area contributed by atoms with Crippen molar-refractivity contribution in [2.45, 2.75) is 6.54 Å². The summed E-state index contributed by atoms with van der Waals surface area (Å²) >= 11 is 1.51. The SMILES string of the molecule is O=C(c1ccccc1)N(Cc1ccccn1)c1nc2ccccc2s1. The van der Waals surface area contributed by atoms with Crippen molar-refractivity contribution in [3.8, 4) is 0 Å². The van der Waals surface area contributed by atoms with E-state index in [9.17, 15) is 4.79 Å². The van der Waals surface area contributed by atoms with Gasteiger partial charge in [0.1, 0.15) is 0 Å². The van der Waals surface area contributed by atoms with Crippen molar-refractivity contribution in [1.82, 2.24) is 9.97 Å². The standard InChI is InChI=1S/C20H15N3OS/c24-19(15-8-2-1-3-9-15)23(14-16-10-6-7-13-21-16)20-22-17-11-4-5-12-18(17)25-20/h1-13H,14H2. The van der Waals surface area contributed by atoms with E-state index in [-0.39, 0.29) is 5.91 Å². The molecule has 4 nitrogen and oxygen atoms in total. The van der Waals surface area contributed by atoms with Gasteiger partial charge in [-0.15, -0.1) is 0 Å². The third-order valence-electron chi connectivity index (χ3n) is 3.83. The van der Waals surface area contributed by atoms with Gasteiger partial charge in [-0.2, -0.15) is 0 Å². The monoisotopic (exact) mass is 345 g/mol. The largest absolute Gasteiger partial charge is 0.278 e. The van der Waals surface area contributed by atoms with Crippen LogP contribution in [0.2, 0.25) is 0 Å². The van der Waals surface area contributed by atoms with E-state index < -0.39 is 0 Å². The second-order valence-corrected chi connectivity index (χ2v) is 6.55. The van der Waals surface area contributed by atoms with Gasteiger partial charge in [0, 0.05) is 11.8 Å². The number of carbonyl (C=O) groups excluding carboxylic acids is 1. The molecule has 0 fully saturated rings. The molecule has 1 amide bonds. The van der Waals surface area contributed by atoms with Gasteiger partial charge in [0.25, 0.3) is 5.91 Å². The first-order valence-electron chi connectivity index (χ1n) is 7.94. The van der Waals surface area contributed by atoms with Gasteiger partial charge in [-0.25, -0.2) is 4.98 Å². The van der Waals surface area contributed by atoms with E-state index in [0.717, 1.165) is 15.9 Å². The van der Waals surface area contributed by atoms with Crippen LogP contribution in [-0.4, -0.2) is 15.9 Å². The van der Waals surface area contributed by atoms with Gasteiger partial charge in [0.05, 0.1) is 22.5 Å². The molecule has 0 N–H and O–H groups in total. The van der Waals surface area contributed by atoms with Gasteiger partial charge in [-0.05, 0) is 36.4 Å². The topological polar surface area (TPSA) is 46.1 Å². The van der Waals surface area contributed by atoms with E-state index >= 15 is 0 Å². The van der Waals surface area contributed by atoms with Gasteiger partial charge >= 0.3 is 0 Å². The number of aromatic nitrogens is 2. The Bertz CT molecular complexity index is 966. The predicted molar refractivity (Wildman–Crippen MR) is 101 cm³/mol. The van der Waals surface area contributed by atoms with Gasteiger partial charge in [0.2, 0.25) is 0 Å². The Morgan fingerprint density at radius 2 is 1.68 bits per heavy atom. The lowest BCUT2D eigenvalue weighted by Crippen LogP contribution is -2.30. The zero-order valence-corrected chi connectivity index (χ0v) is 14.2. The molecule has 0 unspecified atom stereocenters. The predicted octanol–water partition coefficient (Wildman–Crippen LogP) is 4.54. The maximum atomic E-state index is 13.1. The number of thiazole rings is 1. The van der Waals surface area contributed by atoms with Crippen molar-refractivity contribution in [3.63, 3.8) is 0 Å². The minimum absolute atomic E-state index is 0.0784. The molecule has 0 saturated heterocycles. The third kappa shape index (κ3) is 3.27. The zero-order chi connectivity index (χ0) is 17.1. The number of fused-ring (bicyclic) bond motifs is 1. The molecule has 2 aromatic carbocycles. The van der Waals surface area contributed by atoms with E-state index in [1.54, 1.807) is 11.1 Å².